The van der Waals surface area contributed by atoms with Gasteiger partial charge in [-0.25, -0.2) is 27.1 Å². The number of halogens is 6. The summed E-state index contributed by atoms with van der Waals surface area (Å²) in [6.45, 7) is 0.992. The Morgan fingerprint density at radius 2 is 1.88 bits per heavy atom. The van der Waals surface area contributed by atoms with E-state index in [9.17, 15) is 35.3 Å². The van der Waals surface area contributed by atoms with Crippen LogP contribution in [0.5, 0.6) is 0 Å². The van der Waals surface area contributed by atoms with Gasteiger partial charge in [0.15, 0.2) is 5.67 Å². The number of hydrogen-bond acceptors (Lipinski definition) is 5. The number of pyridine rings is 1. The molecule has 2 aliphatic carbocycles. The average Bonchev–Trinajstić information content (AvgIpc) is 3.26. The first kappa shape index (κ1) is 24.5. The van der Waals surface area contributed by atoms with E-state index >= 15 is 0 Å². The van der Waals surface area contributed by atoms with Crippen molar-refractivity contribution in [3.8, 4) is 0 Å². The van der Waals surface area contributed by atoms with Crippen molar-refractivity contribution in [2.45, 2.75) is 61.9 Å². The van der Waals surface area contributed by atoms with Gasteiger partial charge >= 0.3 is 6.18 Å². The first-order valence-corrected chi connectivity index (χ1v) is 12.2. The molecule has 2 fully saturated rings. The molecule has 7 nitrogen and oxygen atoms in total. The van der Waals surface area contributed by atoms with Gasteiger partial charge in [0.2, 0.25) is 5.92 Å². The summed E-state index contributed by atoms with van der Waals surface area (Å²) in [5, 5.41) is 5.79. The number of carbonyl (C=O) groups is 1. The summed E-state index contributed by atoms with van der Waals surface area (Å²) >= 11 is 0. The van der Waals surface area contributed by atoms with Crippen LogP contribution in [0.25, 0.3) is 0 Å². The fourth-order valence-electron chi connectivity index (χ4n) is 4.30. The molecule has 1 atom stereocenters. The molecule has 0 aromatic carbocycles. The van der Waals surface area contributed by atoms with Crippen LogP contribution in [-0.2, 0) is 28.1 Å². The van der Waals surface area contributed by atoms with Gasteiger partial charge in [0, 0.05) is 37.5 Å². The van der Waals surface area contributed by atoms with E-state index in [4.69, 9.17) is 4.78 Å². The van der Waals surface area contributed by atoms with E-state index in [1.165, 1.54) is 13.0 Å². The van der Waals surface area contributed by atoms with Crippen molar-refractivity contribution >= 4 is 21.3 Å². The second kappa shape index (κ2) is 7.43. The van der Waals surface area contributed by atoms with Crippen LogP contribution >= 0.6 is 0 Å². The van der Waals surface area contributed by atoms with Crippen LogP contribution in [0, 0.1) is 10.2 Å². The molecule has 0 unspecified atom stereocenters. The molecular formula is C20H21F6N5O2S. The predicted octanol–water partition coefficient (Wildman–Crippen LogP) is 4.98. The van der Waals surface area contributed by atoms with Crippen LogP contribution in [0.2, 0.25) is 0 Å². The Morgan fingerprint density at radius 3 is 2.38 bits per heavy atom. The summed E-state index contributed by atoms with van der Waals surface area (Å²) in [7, 11) is -3.28. The molecular weight excluding hydrogens is 488 g/mol. The Balaban J connectivity index is 1.78. The lowest BCUT2D eigenvalue weighted by Gasteiger charge is -2.44. The molecule has 34 heavy (non-hydrogen) atoms. The minimum absolute atomic E-state index is 0.0953. The lowest BCUT2D eigenvalue weighted by Crippen LogP contribution is -2.47. The van der Waals surface area contributed by atoms with Gasteiger partial charge in [-0.2, -0.15) is 18.3 Å². The Labute approximate surface area is 190 Å². The molecule has 2 saturated carbocycles. The van der Waals surface area contributed by atoms with Crippen LogP contribution in [0.3, 0.4) is 0 Å². The van der Waals surface area contributed by atoms with Crippen molar-refractivity contribution < 1.29 is 35.3 Å². The molecule has 4 rings (SSSR count). The lowest BCUT2D eigenvalue weighted by atomic mass is 9.67. The number of nitrogens with zero attached hydrogens (tertiary/aromatic N) is 3. The van der Waals surface area contributed by atoms with Gasteiger partial charge in [-0.15, -0.1) is 0 Å². The summed E-state index contributed by atoms with van der Waals surface area (Å²) in [6, 6.07) is 2.29. The van der Waals surface area contributed by atoms with Gasteiger partial charge in [0.05, 0.1) is 9.73 Å². The van der Waals surface area contributed by atoms with Crippen LogP contribution < -0.4 is 5.32 Å². The Hall–Kier alpha value is -2.64. The second-order valence-electron chi connectivity index (χ2n) is 9.39. The van der Waals surface area contributed by atoms with Gasteiger partial charge in [-0.3, -0.25) is 9.48 Å². The smallest absolute Gasteiger partial charge is 0.320 e. The zero-order chi connectivity index (χ0) is 25.3. The first-order valence-electron chi connectivity index (χ1n) is 10.2. The van der Waals surface area contributed by atoms with Crippen LogP contribution in [0.15, 0.2) is 23.4 Å². The maximum absolute atomic E-state index is 14.9. The zero-order valence-electron chi connectivity index (χ0n) is 18.1. The highest BCUT2D eigenvalue weighted by Gasteiger charge is 2.57. The molecule has 0 spiro atoms. The Morgan fingerprint density at radius 1 is 1.26 bits per heavy atom. The molecule has 0 aliphatic heterocycles. The van der Waals surface area contributed by atoms with Crippen LogP contribution in [-0.4, -0.2) is 37.1 Å². The number of aromatic nitrogens is 3. The number of hydrogen-bond donors (Lipinski definition) is 2. The molecule has 0 bridgehead atoms. The molecule has 2 heterocycles. The zero-order valence-corrected chi connectivity index (χ0v) is 18.9. The summed E-state index contributed by atoms with van der Waals surface area (Å²) in [4.78, 5) is 16.8. The third kappa shape index (κ3) is 4.64. The third-order valence-corrected chi connectivity index (χ3v) is 6.88. The highest BCUT2D eigenvalue weighted by atomic mass is 32.2. The number of anilines is 1. The van der Waals surface area contributed by atoms with E-state index in [-0.39, 0.29) is 23.6 Å². The fourth-order valence-corrected chi connectivity index (χ4v) is 4.91. The Bertz CT molecular complexity index is 1260. The number of amides is 1. The maximum atomic E-state index is 14.9. The van der Waals surface area contributed by atoms with Gasteiger partial charge in [-0.1, -0.05) is 6.92 Å². The highest BCUT2D eigenvalue weighted by molar-refractivity contribution is 7.91. The van der Waals surface area contributed by atoms with Gasteiger partial charge in [0.25, 0.3) is 5.91 Å². The third-order valence-electron chi connectivity index (χ3n) is 5.86. The van der Waals surface area contributed by atoms with E-state index in [0.717, 1.165) is 18.5 Å². The molecule has 2 N–H and O–H groups in total. The van der Waals surface area contributed by atoms with Crippen molar-refractivity contribution in [3.05, 3.63) is 35.3 Å². The van der Waals surface area contributed by atoms with Crippen LogP contribution in [0.1, 0.15) is 54.4 Å². The highest BCUT2D eigenvalue weighted by Crippen LogP contribution is 2.55. The molecule has 0 saturated heterocycles. The number of nitrogens with one attached hydrogen (secondary N) is 2. The topological polar surface area (TPSA) is 101 Å². The standard InChI is InChI=1S/C20H21F6N5O2S/c1-17(8-19(22,23)9-17)10-31-14(13(20(24,25)26)15(30-31)18(21)4-5-18)16(32)29-11-3-6-28-12(7-11)34(2,27)33/h3,6-7,27H,4-5,8-10H2,1-2H3,(H,28,29,32)/t34-/m1/s1. The first-order chi connectivity index (χ1) is 15.4. The Kier molecular flexibility index (Phi) is 5.35. The summed E-state index contributed by atoms with van der Waals surface area (Å²) in [6.07, 6.45) is -4.57. The van der Waals surface area contributed by atoms with Crippen molar-refractivity contribution in [2.24, 2.45) is 5.41 Å². The van der Waals surface area contributed by atoms with Crippen molar-refractivity contribution in [3.63, 3.8) is 0 Å². The average molecular weight is 509 g/mol. The van der Waals surface area contributed by atoms with E-state index in [1.807, 2.05) is 0 Å². The predicted molar refractivity (Wildman–Crippen MR) is 109 cm³/mol. The van der Waals surface area contributed by atoms with Gasteiger partial charge < -0.3 is 5.32 Å². The number of carbonyl (C=O) groups excluding carboxylic acids is 1. The van der Waals surface area contributed by atoms with E-state index in [1.54, 1.807) is 0 Å². The van der Waals surface area contributed by atoms with E-state index < -0.39 is 75.2 Å². The van der Waals surface area contributed by atoms with Crippen molar-refractivity contribution in [1.82, 2.24) is 14.8 Å². The molecule has 186 valence electrons. The fraction of sp³-hybridized carbons (Fsp3) is 0.550. The monoisotopic (exact) mass is 509 g/mol. The summed E-state index contributed by atoms with van der Waals surface area (Å²) in [5.41, 5.74) is -7.06. The van der Waals surface area contributed by atoms with E-state index in [2.05, 4.69) is 15.4 Å². The second-order valence-corrected chi connectivity index (χ2v) is 11.5. The normalized spacial score (nSPS) is 21.9. The molecule has 14 heteroatoms. The van der Waals surface area contributed by atoms with Crippen molar-refractivity contribution in [1.29, 1.82) is 4.78 Å². The summed E-state index contributed by atoms with van der Waals surface area (Å²) < 4.78 is 104. The van der Waals surface area contributed by atoms with Crippen LogP contribution in [0.4, 0.5) is 32.0 Å². The number of rotatable bonds is 6. The quantitative estimate of drug-likeness (QED) is 0.537. The van der Waals surface area contributed by atoms with Crippen molar-refractivity contribution in [2.75, 3.05) is 11.6 Å². The lowest BCUT2D eigenvalue weighted by molar-refractivity contribution is -0.160. The SMILES string of the molecule is CC1(Cn2nc(C3(F)CC3)c(C(F)(F)F)c2C(=O)Nc2ccnc([S@](C)(=N)=O)c2)CC(F)(F)C1. The molecule has 0 radical (unpaired) electrons. The molecule has 2 aromatic rings. The van der Waals surface area contributed by atoms with Gasteiger partial charge in [0.1, 0.15) is 22.0 Å². The van der Waals surface area contributed by atoms with Gasteiger partial charge in [-0.05, 0) is 30.4 Å². The molecule has 2 aromatic heterocycles. The minimum atomic E-state index is -5.14. The molecule has 2 aliphatic rings. The molecule has 1 amide bonds. The largest absolute Gasteiger partial charge is 0.420 e. The number of alkyl halides is 6. The summed E-state index contributed by atoms with van der Waals surface area (Å²) in [5.74, 6) is -4.27. The minimum Gasteiger partial charge on any atom is -0.320 e. The maximum Gasteiger partial charge on any atom is 0.420 e. The van der Waals surface area contributed by atoms with E-state index in [0.29, 0.717) is 4.68 Å².